The monoisotopic (exact) mass is 220 g/mol. The van der Waals surface area contributed by atoms with Gasteiger partial charge in [-0.05, 0) is 24.3 Å². The molecule has 3 aromatic heterocycles. The molecule has 0 radical (unpaired) electrons. The summed E-state index contributed by atoms with van der Waals surface area (Å²) in [6, 6.07) is 12.0. The molecule has 0 saturated heterocycles. The molecule has 0 aliphatic rings. The van der Waals surface area contributed by atoms with Gasteiger partial charge in [0.2, 0.25) is 0 Å². The van der Waals surface area contributed by atoms with Crippen molar-refractivity contribution in [1.82, 2.24) is 19.4 Å². The molecule has 0 amide bonds. The van der Waals surface area contributed by atoms with Gasteiger partial charge in [0.1, 0.15) is 0 Å². The molecule has 0 N–H and O–H groups in total. The summed E-state index contributed by atoms with van der Waals surface area (Å²) in [5.41, 5.74) is 4.64. The summed E-state index contributed by atoms with van der Waals surface area (Å²) < 4.78 is 2.09. The lowest BCUT2D eigenvalue weighted by molar-refractivity contribution is 1.19. The molecule has 0 unspecified atom stereocenters. The van der Waals surface area contributed by atoms with E-state index in [4.69, 9.17) is 0 Å². The summed E-state index contributed by atoms with van der Waals surface area (Å²) in [6.07, 6.45) is 3.51. The SMILES string of the molecule is c1ccc2c(c1)nc1cnc3ncccc3n12. The number of nitrogens with zero attached hydrogens (tertiary/aromatic N) is 4. The van der Waals surface area contributed by atoms with Crippen LogP contribution in [0, 0.1) is 0 Å². The van der Waals surface area contributed by atoms with Crippen LogP contribution < -0.4 is 0 Å². The van der Waals surface area contributed by atoms with Crippen LogP contribution in [-0.2, 0) is 0 Å². The van der Waals surface area contributed by atoms with Gasteiger partial charge < -0.3 is 0 Å². The maximum atomic E-state index is 4.54. The quantitative estimate of drug-likeness (QED) is 0.457. The van der Waals surface area contributed by atoms with E-state index in [0.717, 1.165) is 27.8 Å². The summed E-state index contributed by atoms with van der Waals surface area (Å²) in [5, 5.41) is 0. The fourth-order valence-corrected chi connectivity index (χ4v) is 2.17. The minimum absolute atomic E-state index is 0.739. The van der Waals surface area contributed by atoms with Crippen molar-refractivity contribution in [3.05, 3.63) is 48.8 Å². The largest absolute Gasteiger partial charge is 0.288 e. The van der Waals surface area contributed by atoms with Gasteiger partial charge in [0.05, 0.1) is 22.7 Å². The Kier molecular flexibility index (Phi) is 1.53. The first-order valence-corrected chi connectivity index (χ1v) is 5.40. The molecule has 17 heavy (non-hydrogen) atoms. The molecule has 0 saturated carbocycles. The fourth-order valence-electron chi connectivity index (χ4n) is 2.17. The Hall–Kier alpha value is -2.49. The van der Waals surface area contributed by atoms with Crippen LogP contribution in [0.3, 0.4) is 0 Å². The highest BCUT2D eigenvalue weighted by Crippen LogP contribution is 2.20. The Morgan fingerprint density at radius 1 is 0.882 bits per heavy atom. The van der Waals surface area contributed by atoms with Gasteiger partial charge >= 0.3 is 0 Å². The van der Waals surface area contributed by atoms with Crippen molar-refractivity contribution in [2.24, 2.45) is 0 Å². The molecule has 1 aromatic carbocycles. The molecule has 0 spiro atoms. The van der Waals surface area contributed by atoms with Gasteiger partial charge in [-0.25, -0.2) is 15.0 Å². The summed E-state index contributed by atoms with van der Waals surface area (Å²) in [7, 11) is 0. The highest BCUT2D eigenvalue weighted by molar-refractivity contribution is 5.86. The van der Waals surface area contributed by atoms with Gasteiger partial charge in [0.25, 0.3) is 0 Å². The van der Waals surface area contributed by atoms with Gasteiger partial charge in [-0.15, -0.1) is 0 Å². The van der Waals surface area contributed by atoms with Gasteiger partial charge in [0, 0.05) is 6.20 Å². The normalized spacial score (nSPS) is 11.5. The first kappa shape index (κ1) is 8.64. The molecule has 0 atom stereocenters. The van der Waals surface area contributed by atoms with Crippen molar-refractivity contribution >= 4 is 27.8 Å². The Balaban J connectivity index is 2.38. The summed E-state index contributed by atoms with van der Waals surface area (Å²) in [5.74, 6) is 0. The van der Waals surface area contributed by atoms with Gasteiger partial charge in [-0.2, -0.15) is 0 Å². The lowest BCUT2D eigenvalue weighted by atomic mass is 10.3. The molecule has 0 aliphatic carbocycles. The van der Waals surface area contributed by atoms with Crippen LogP contribution >= 0.6 is 0 Å². The Morgan fingerprint density at radius 3 is 2.76 bits per heavy atom. The van der Waals surface area contributed by atoms with Gasteiger partial charge in [-0.3, -0.25) is 4.40 Å². The zero-order chi connectivity index (χ0) is 11.2. The van der Waals surface area contributed by atoms with Crippen LogP contribution in [0.2, 0.25) is 0 Å². The lowest BCUT2D eigenvalue weighted by Crippen LogP contribution is -1.92. The molecule has 3 heterocycles. The maximum absolute atomic E-state index is 4.54. The van der Waals surface area contributed by atoms with Crippen molar-refractivity contribution in [3.63, 3.8) is 0 Å². The van der Waals surface area contributed by atoms with Crippen molar-refractivity contribution in [3.8, 4) is 0 Å². The second kappa shape index (κ2) is 3.01. The molecule has 0 fully saturated rings. The van der Waals surface area contributed by atoms with Crippen molar-refractivity contribution in [2.45, 2.75) is 0 Å². The number of rotatable bonds is 0. The highest BCUT2D eigenvalue weighted by atomic mass is 15.1. The minimum atomic E-state index is 0.739. The van der Waals surface area contributed by atoms with Crippen molar-refractivity contribution in [2.75, 3.05) is 0 Å². The number of hydrogen-bond acceptors (Lipinski definition) is 3. The third-order valence-electron chi connectivity index (χ3n) is 2.90. The van der Waals surface area contributed by atoms with E-state index in [1.165, 1.54) is 0 Å². The van der Waals surface area contributed by atoms with Crippen LogP contribution in [0.4, 0.5) is 0 Å². The summed E-state index contributed by atoms with van der Waals surface area (Å²) in [6.45, 7) is 0. The zero-order valence-corrected chi connectivity index (χ0v) is 8.91. The lowest BCUT2D eigenvalue weighted by Gasteiger charge is -2.00. The second-order valence-corrected chi connectivity index (χ2v) is 3.90. The molecule has 0 bridgehead atoms. The van der Waals surface area contributed by atoms with E-state index in [2.05, 4.69) is 25.4 Å². The standard InChI is InChI=1S/C13H8N4/c1-2-5-10-9(4-1)16-12-8-15-13-11(17(10)12)6-3-7-14-13/h1-8H. The number of imidazole rings is 1. The molecule has 4 aromatic rings. The van der Waals surface area contributed by atoms with E-state index in [-0.39, 0.29) is 0 Å². The molecule has 0 aliphatic heterocycles. The third kappa shape index (κ3) is 1.09. The van der Waals surface area contributed by atoms with E-state index in [0.29, 0.717) is 0 Å². The van der Waals surface area contributed by atoms with Crippen molar-refractivity contribution < 1.29 is 0 Å². The molecule has 4 rings (SSSR count). The fraction of sp³-hybridized carbons (Fsp3) is 0. The van der Waals surface area contributed by atoms with E-state index in [1.807, 2.05) is 30.3 Å². The van der Waals surface area contributed by atoms with E-state index >= 15 is 0 Å². The summed E-state index contributed by atoms with van der Waals surface area (Å²) in [4.78, 5) is 13.1. The Labute approximate surface area is 96.6 Å². The molecular weight excluding hydrogens is 212 g/mol. The van der Waals surface area contributed by atoms with E-state index < -0.39 is 0 Å². The highest BCUT2D eigenvalue weighted by Gasteiger charge is 2.07. The van der Waals surface area contributed by atoms with Gasteiger partial charge in [-0.1, -0.05) is 12.1 Å². The van der Waals surface area contributed by atoms with Gasteiger partial charge in [0.15, 0.2) is 11.3 Å². The average Bonchev–Trinajstić information content (AvgIpc) is 2.77. The van der Waals surface area contributed by atoms with Crippen LogP contribution in [0.15, 0.2) is 48.8 Å². The van der Waals surface area contributed by atoms with Crippen LogP contribution in [0.25, 0.3) is 27.8 Å². The first-order valence-electron chi connectivity index (χ1n) is 5.40. The number of benzene rings is 1. The zero-order valence-electron chi connectivity index (χ0n) is 8.91. The van der Waals surface area contributed by atoms with Crippen molar-refractivity contribution in [1.29, 1.82) is 0 Å². The van der Waals surface area contributed by atoms with E-state index in [9.17, 15) is 0 Å². The van der Waals surface area contributed by atoms with Crippen LogP contribution in [-0.4, -0.2) is 19.4 Å². The average molecular weight is 220 g/mol. The first-order chi connectivity index (χ1) is 8.43. The second-order valence-electron chi connectivity index (χ2n) is 3.90. The predicted octanol–water partition coefficient (Wildman–Crippen LogP) is 2.43. The topological polar surface area (TPSA) is 43.1 Å². The molecule has 80 valence electrons. The Bertz CT molecular complexity index is 842. The molecule has 4 heteroatoms. The molecular formula is C13H8N4. The number of hydrogen-bond donors (Lipinski definition) is 0. The predicted molar refractivity (Wildman–Crippen MR) is 65.8 cm³/mol. The summed E-state index contributed by atoms with van der Waals surface area (Å²) >= 11 is 0. The Morgan fingerprint density at radius 2 is 1.76 bits per heavy atom. The van der Waals surface area contributed by atoms with Crippen LogP contribution in [0.5, 0.6) is 0 Å². The number of fused-ring (bicyclic) bond motifs is 5. The number of aromatic nitrogens is 4. The molecule has 4 nitrogen and oxygen atoms in total. The number of para-hydroxylation sites is 2. The van der Waals surface area contributed by atoms with Crippen LogP contribution in [0.1, 0.15) is 0 Å². The van der Waals surface area contributed by atoms with E-state index in [1.54, 1.807) is 12.4 Å². The smallest absolute Gasteiger partial charge is 0.176 e. The number of pyridine rings is 1. The third-order valence-corrected chi connectivity index (χ3v) is 2.90. The minimum Gasteiger partial charge on any atom is -0.288 e. The maximum Gasteiger partial charge on any atom is 0.176 e.